The van der Waals surface area contributed by atoms with Crippen LogP contribution in [0, 0.1) is 29.6 Å². The standard InChI is InChI=1S/C20H27N3O5/c1-7-8-22-11-16(24)23(19(22)26)12-27-18(25)17-15(20(17,5)6)9-14(4)10-21-28-13(2)3/h1,9-11,13,15,17,24H,8,12H2,2-6H3. The van der Waals surface area contributed by atoms with Crippen LogP contribution < -0.4 is 5.69 Å². The van der Waals surface area contributed by atoms with E-state index in [2.05, 4.69) is 11.1 Å². The molecule has 0 spiro atoms. The van der Waals surface area contributed by atoms with Crippen LogP contribution in [0.5, 0.6) is 5.88 Å². The molecule has 1 aromatic heterocycles. The van der Waals surface area contributed by atoms with E-state index in [1.807, 2.05) is 40.7 Å². The van der Waals surface area contributed by atoms with Crippen LogP contribution >= 0.6 is 0 Å². The molecule has 28 heavy (non-hydrogen) atoms. The van der Waals surface area contributed by atoms with Gasteiger partial charge >= 0.3 is 11.7 Å². The lowest BCUT2D eigenvalue weighted by molar-refractivity contribution is -0.150. The van der Waals surface area contributed by atoms with Gasteiger partial charge in [0.25, 0.3) is 0 Å². The van der Waals surface area contributed by atoms with Crippen molar-refractivity contribution in [2.24, 2.45) is 22.4 Å². The van der Waals surface area contributed by atoms with Gasteiger partial charge in [0.1, 0.15) is 6.10 Å². The molecular weight excluding hydrogens is 362 g/mol. The summed E-state index contributed by atoms with van der Waals surface area (Å²) in [5.74, 6) is 1.23. The second kappa shape index (κ2) is 8.38. The molecule has 8 heteroatoms. The number of hydrogen-bond donors (Lipinski definition) is 1. The molecule has 0 amide bonds. The Labute approximate surface area is 164 Å². The molecule has 152 valence electrons. The summed E-state index contributed by atoms with van der Waals surface area (Å²) in [6, 6.07) is 0. The van der Waals surface area contributed by atoms with Crippen LogP contribution in [-0.2, 0) is 27.6 Å². The van der Waals surface area contributed by atoms with E-state index in [4.69, 9.17) is 16.0 Å². The van der Waals surface area contributed by atoms with Crippen molar-refractivity contribution in [3.8, 4) is 18.2 Å². The number of oxime groups is 1. The van der Waals surface area contributed by atoms with Crippen LogP contribution in [-0.4, -0.2) is 32.5 Å². The summed E-state index contributed by atoms with van der Waals surface area (Å²) in [7, 11) is 0. The van der Waals surface area contributed by atoms with Gasteiger partial charge in [0, 0.05) is 0 Å². The molecule has 1 aliphatic carbocycles. The number of allylic oxidation sites excluding steroid dienone is 2. The molecule has 2 atom stereocenters. The van der Waals surface area contributed by atoms with Crippen LogP contribution in [0.25, 0.3) is 0 Å². The average molecular weight is 389 g/mol. The lowest BCUT2D eigenvalue weighted by Gasteiger charge is -2.06. The number of nitrogens with zero attached hydrogens (tertiary/aromatic N) is 3. The molecule has 1 aliphatic rings. The summed E-state index contributed by atoms with van der Waals surface area (Å²) in [6.45, 7) is 9.26. The first-order chi connectivity index (χ1) is 13.1. The minimum atomic E-state index is -0.535. The van der Waals surface area contributed by atoms with Gasteiger partial charge in [-0.15, -0.1) is 6.42 Å². The highest BCUT2D eigenvalue weighted by atomic mass is 16.6. The van der Waals surface area contributed by atoms with E-state index in [1.54, 1.807) is 6.21 Å². The zero-order valence-electron chi connectivity index (χ0n) is 16.9. The van der Waals surface area contributed by atoms with E-state index in [0.29, 0.717) is 0 Å². The zero-order valence-corrected chi connectivity index (χ0v) is 16.9. The molecule has 1 N–H and O–H groups in total. The smallest absolute Gasteiger partial charge is 0.334 e. The maximum atomic E-state index is 12.5. The number of hydrogen-bond acceptors (Lipinski definition) is 6. The number of ether oxygens (including phenoxy) is 1. The van der Waals surface area contributed by atoms with Crippen LogP contribution in [0.1, 0.15) is 34.6 Å². The van der Waals surface area contributed by atoms with Gasteiger partial charge in [0.05, 0.1) is 24.9 Å². The maximum absolute atomic E-state index is 12.5. The summed E-state index contributed by atoms with van der Waals surface area (Å²) in [5.41, 5.74) is 0.0780. The first kappa shape index (κ1) is 21.4. The molecular formula is C20H27N3O5. The fourth-order valence-electron chi connectivity index (χ4n) is 3.07. The second-order valence-corrected chi connectivity index (χ2v) is 7.75. The molecule has 1 saturated carbocycles. The fourth-order valence-corrected chi connectivity index (χ4v) is 3.07. The predicted molar refractivity (Wildman–Crippen MR) is 105 cm³/mol. The van der Waals surface area contributed by atoms with Gasteiger partial charge in [-0.3, -0.25) is 9.36 Å². The van der Waals surface area contributed by atoms with Crippen LogP contribution in [0.3, 0.4) is 0 Å². The highest BCUT2D eigenvalue weighted by Crippen LogP contribution is 2.59. The number of aromatic hydroxyl groups is 1. The normalized spacial score (nSPS) is 21.0. The average Bonchev–Trinajstić information content (AvgIpc) is 3.01. The fraction of sp³-hybridized carbons (Fsp3) is 0.550. The van der Waals surface area contributed by atoms with E-state index < -0.39 is 11.7 Å². The summed E-state index contributed by atoms with van der Waals surface area (Å²) in [4.78, 5) is 29.7. The number of rotatable bonds is 8. The van der Waals surface area contributed by atoms with Crippen molar-refractivity contribution >= 4 is 12.2 Å². The van der Waals surface area contributed by atoms with Crippen molar-refractivity contribution in [3.63, 3.8) is 0 Å². The Morgan fingerprint density at radius 2 is 2.18 bits per heavy atom. The van der Waals surface area contributed by atoms with Crippen molar-refractivity contribution < 1.29 is 19.5 Å². The molecule has 2 unspecified atom stereocenters. The summed E-state index contributed by atoms with van der Waals surface area (Å²) in [6.07, 6.45) is 9.97. The minimum absolute atomic E-state index is 0.000497. The van der Waals surface area contributed by atoms with E-state index in [0.717, 1.165) is 14.7 Å². The van der Waals surface area contributed by atoms with Crippen LogP contribution in [0.2, 0.25) is 0 Å². The van der Waals surface area contributed by atoms with E-state index in [9.17, 15) is 14.7 Å². The van der Waals surface area contributed by atoms with Crippen LogP contribution in [0.4, 0.5) is 0 Å². The minimum Gasteiger partial charge on any atom is -0.493 e. The molecule has 2 rings (SSSR count). The van der Waals surface area contributed by atoms with Crippen LogP contribution in [0.15, 0.2) is 27.8 Å². The first-order valence-corrected chi connectivity index (χ1v) is 9.06. The van der Waals surface area contributed by atoms with E-state index in [1.165, 1.54) is 6.20 Å². The molecule has 0 saturated heterocycles. The zero-order chi connectivity index (χ0) is 21.1. The second-order valence-electron chi connectivity index (χ2n) is 7.75. The quantitative estimate of drug-likeness (QED) is 0.318. The van der Waals surface area contributed by atoms with Gasteiger partial charge in [-0.25, -0.2) is 9.36 Å². The van der Waals surface area contributed by atoms with E-state index >= 15 is 0 Å². The number of carbonyl (C=O) groups is 1. The molecule has 1 heterocycles. The van der Waals surface area contributed by atoms with Crippen molar-refractivity contribution in [2.45, 2.75) is 54.0 Å². The van der Waals surface area contributed by atoms with Gasteiger partial charge in [-0.05, 0) is 37.7 Å². The highest BCUT2D eigenvalue weighted by molar-refractivity contribution is 5.81. The van der Waals surface area contributed by atoms with Gasteiger partial charge in [0.2, 0.25) is 5.88 Å². The summed E-state index contributed by atoms with van der Waals surface area (Å²) in [5, 5.41) is 13.7. The largest absolute Gasteiger partial charge is 0.493 e. The molecule has 1 aromatic rings. The summed E-state index contributed by atoms with van der Waals surface area (Å²) < 4.78 is 7.40. The van der Waals surface area contributed by atoms with Gasteiger partial charge < -0.3 is 14.7 Å². The molecule has 0 aromatic carbocycles. The Morgan fingerprint density at radius 3 is 2.79 bits per heavy atom. The predicted octanol–water partition coefficient (Wildman–Crippen LogP) is 2.12. The van der Waals surface area contributed by atoms with Crippen molar-refractivity contribution in [2.75, 3.05) is 0 Å². The number of imidazole rings is 1. The van der Waals surface area contributed by atoms with Gasteiger partial charge in [-0.1, -0.05) is 31.0 Å². The molecule has 0 bridgehead atoms. The highest BCUT2D eigenvalue weighted by Gasteiger charge is 2.61. The van der Waals surface area contributed by atoms with Gasteiger partial charge in [0.15, 0.2) is 6.73 Å². The third kappa shape index (κ3) is 4.66. The lowest BCUT2D eigenvalue weighted by Crippen LogP contribution is -2.26. The molecule has 0 radical (unpaired) electrons. The topological polar surface area (TPSA) is 95.1 Å². The molecule has 1 fully saturated rings. The van der Waals surface area contributed by atoms with Gasteiger partial charge in [-0.2, -0.15) is 0 Å². The Morgan fingerprint density at radius 1 is 1.50 bits per heavy atom. The van der Waals surface area contributed by atoms with Crippen molar-refractivity contribution in [1.29, 1.82) is 0 Å². The Hall–Kier alpha value is -2.95. The third-order valence-electron chi connectivity index (χ3n) is 4.76. The third-order valence-corrected chi connectivity index (χ3v) is 4.76. The Bertz CT molecular complexity index is 883. The lowest BCUT2D eigenvalue weighted by atomic mass is 10.1. The monoisotopic (exact) mass is 389 g/mol. The number of terminal acetylenes is 1. The maximum Gasteiger partial charge on any atom is 0.334 e. The summed E-state index contributed by atoms with van der Waals surface area (Å²) >= 11 is 0. The Balaban J connectivity index is 2.01. The molecule has 8 nitrogen and oxygen atoms in total. The van der Waals surface area contributed by atoms with Crippen molar-refractivity contribution in [1.82, 2.24) is 9.13 Å². The Kier molecular flexibility index (Phi) is 6.39. The van der Waals surface area contributed by atoms with E-state index in [-0.39, 0.29) is 42.5 Å². The molecule has 0 aliphatic heterocycles. The SMILES string of the molecule is C#CCn1cc(O)n(COC(=O)C2C(C=C(C)C=NOC(C)C)C2(C)C)c1=O. The number of aromatic nitrogens is 2. The van der Waals surface area contributed by atoms with Crippen molar-refractivity contribution in [3.05, 3.63) is 28.3 Å². The number of carbonyl (C=O) groups excluding carboxylic acids is 1. The number of esters is 1. The first-order valence-electron chi connectivity index (χ1n) is 9.06.